The molecule has 0 atom stereocenters. The van der Waals surface area contributed by atoms with E-state index in [-0.39, 0.29) is 4.90 Å². The summed E-state index contributed by atoms with van der Waals surface area (Å²) in [6, 6.07) is 16.0. The van der Waals surface area contributed by atoms with Crippen molar-refractivity contribution in [2.45, 2.75) is 18.4 Å². The van der Waals surface area contributed by atoms with Crippen LogP contribution < -0.4 is 4.74 Å². The quantitative estimate of drug-likeness (QED) is 0.824. The minimum atomic E-state index is -3.49. The maximum absolute atomic E-state index is 12.5. The largest absolute Gasteiger partial charge is 0.494 e. The van der Waals surface area contributed by atoms with Gasteiger partial charge >= 0.3 is 0 Å². The molecule has 0 radical (unpaired) electrons. The van der Waals surface area contributed by atoms with E-state index in [2.05, 4.69) is 0 Å². The lowest BCUT2D eigenvalue weighted by Crippen LogP contribution is -2.26. The summed E-state index contributed by atoms with van der Waals surface area (Å²) in [7, 11) is -1.91. The third-order valence-electron chi connectivity index (χ3n) is 3.09. The number of sulfonamides is 1. The summed E-state index contributed by atoms with van der Waals surface area (Å²) in [6.45, 7) is 2.79. The first-order chi connectivity index (χ1) is 10.0. The molecule has 0 saturated carbocycles. The zero-order valence-electron chi connectivity index (χ0n) is 12.2. The van der Waals surface area contributed by atoms with E-state index in [1.54, 1.807) is 31.3 Å². The Balaban J connectivity index is 2.16. The molecule has 0 N–H and O–H groups in total. The first kappa shape index (κ1) is 15.5. The van der Waals surface area contributed by atoms with Crippen LogP contribution in [0.5, 0.6) is 5.75 Å². The second kappa shape index (κ2) is 6.74. The first-order valence-electron chi connectivity index (χ1n) is 6.77. The van der Waals surface area contributed by atoms with E-state index in [0.717, 1.165) is 5.56 Å². The number of benzene rings is 2. The Labute approximate surface area is 126 Å². The maximum Gasteiger partial charge on any atom is 0.243 e. The summed E-state index contributed by atoms with van der Waals surface area (Å²) >= 11 is 0. The minimum absolute atomic E-state index is 0.268. The van der Waals surface area contributed by atoms with E-state index in [1.807, 2.05) is 37.3 Å². The molecule has 0 aliphatic heterocycles. The van der Waals surface area contributed by atoms with Crippen LogP contribution in [0.25, 0.3) is 0 Å². The molecule has 0 aliphatic rings. The zero-order chi connectivity index (χ0) is 15.3. The Bertz CT molecular complexity index is 666. The van der Waals surface area contributed by atoms with Gasteiger partial charge in [0, 0.05) is 13.6 Å². The highest BCUT2D eigenvalue weighted by molar-refractivity contribution is 7.89. The number of hydrogen-bond donors (Lipinski definition) is 0. The summed E-state index contributed by atoms with van der Waals surface area (Å²) in [6.07, 6.45) is 0. The van der Waals surface area contributed by atoms with Crippen LogP contribution in [-0.4, -0.2) is 26.4 Å². The van der Waals surface area contributed by atoms with Gasteiger partial charge in [-0.2, -0.15) is 4.31 Å². The summed E-state index contributed by atoms with van der Waals surface area (Å²) in [5, 5.41) is 0. The molecule has 0 unspecified atom stereocenters. The van der Waals surface area contributed by atoms with E-state index in [1.165, 1.54) is 4.31 Å². The molecule has 0 spiro atoms. The smallest absolute Gasteiger partial charge is 0.243 e. The van der Waals surface area contributed by atoms with Gasteiger partial charge in [-0.25, -0.2) is 8.42 Å². The van der Waals surface area contributed by atoms with Crippen molar-refractivity contribution >= 4 is 10.0 Å². The van der Waals surface area contributed by atoms with Gasteiger partial charge in [0.25, 0.3) is 0 Å². The summed E-state index contributed by atoms with van der Waals surface area (Å²) < 4.78 is 31.6. The summed E-state index contributed by atoms with van der Waals surface area (Å²) in [5.74, 6) is 0.669. The Morgan fingerprint density at radius 2 is 1.62 bits per heavy atom. The van der Waals surface area contributed by atoms with Gasteiger partial charge in [-0.15, -0.1) is 0 Å². The molecular formula is C16H19NO3S. The standard InChI is InChI=1S/C16H19NO3S/c1-3-20-15-9-11-16(12-10-15)21(18,19)17(2)13-14-7-5-4-6-8-14/h4-12H,3,13H2,1-2H3. The predicted octanol–water partition coefficient (Wildman–Crippen LogP) is 2.91. The van der Waals surface area contributed by atoms with Crippen LogP contribution >= 0.6 is 0 Å². The van der Waals surface area contributed by atoms with Crippen molar-refractivity contribution in [2.24, 2.45) is 0 Å². The minimum Gasteiger partial charge on any atom is -0.494 e. The molecular weight excluding hydrogens is 286 g/mol. The van der Waals surface area contributed by atoms with Crippen LogP contribution in [-0.2, 0) is 16.6 Å². The zero-order valence-corrected chi connectivity index (χ0v) is 13.0. The lowest BCUT2D eigenvalue weighted by Gasteiger charge is -2.17. The molecule has 0 aliphatic carbocycles. The fourth-order valence-electron chi connectivity index (χ4n) is 1.98. The highest BCUT2D eigenvalue weighted by atomic mass is 32.2. The Morgan fingerprint density at radius 1 is 1.00 bits per heavy atom. The highest BCUT2D eigenvalue weighted by Crippen LogP contribution is 2.20. The van der Waals surface area contributed by atoms with Crippen LogP contribution in [0.1, 0.15) is 12.5 Å². The fraction of sp³-hybridized carbons (Fsp3) is 0.250. The normalized spacial score (nSPS) is 11.6. The number of rotatable bonds is 6. The molecule has 21 heavy (non-hydrogen) atoms. The molecule has 0 heterocycles. The molecule has 2 aromatic rings. The summed E-state index contributed by atoms with van der Waals surface area (Å²) in [4.78, 5) is 0.268. The Kier molecular flexibility index (Phi) is 4.98. The number of ether oxygens (including phenoxy) is 1. The van der Waals surface area contributed by atoms with Gasteiger partial charge in [0.1, 0.15) is 5.75 Å². The average molecular weight is 305 g/mol. The number of hydrogen-bond acceptors (Lipinski definition) is 3. The van der Waals surface area contributed by atoms with Gasteiger partial charge in [0.15, 0.2) is 0 Å². The van der Waals surface area contributed by atoms with E-state index in [0.29, 0.717) is 18.9 Å². The second-order valence-electron chi connectivity index (χ2n) is 4.65. The highest BCUT2D eigenvalue weighted by Gasteiger charge is 2.20. The molecule has 112 valence electrons. The topological polar surface area (TPSA) is 46.6 Å². The van der Waals surface area contributed by atoms with Crippen LogP contribution in [0.2, 0.25) is 0 Å². The SMILES string of the molecule is CCOc1ccc(S(=O)(=O)N(C)Cc2ccccc2)cc1. The number of nitrogens with zero attached hydrogens (tertiary/aromatic N) is 1. The third-order valence-corrected chi connectivity index (χ3v) is 4.91. The van der Waals surface area contributed by atoms with Crippen LogP contribution in [0, 0.1) is 0 Å². The third kappa shape index (κ3) is 3.83. The lowest BCUT2D eigenvalue weighted by molar-refractivity contribution is 0.340. The predicted molar refractivity (Wildman–Crippen MR) is 82.7 cm³/mol. The second-order valence-corrected chi connectivity index (χ2v) is 6.70. The molecule has 0 fully saturated rings. The van der Waals surface area contributed by atoms with Crippen molar-refractivity contribution < 1.29 is 13.2 Å². The van der Waals surface area contributed by atoms with E-state index < -0.39 is 10.0 Å². The molecule has 0 bridgehead atoms. The van der Waals surface area contributed by atoms with E-state index >= 15 is 0 Å². The van der Waals surface area contributed by atoms with Crippen molar-refractivity contribution in [1.82, 2.24) is 4.31 Å². The molecule has 5 heteroatoms. The van der Waals surface area contributed by atoms with Crippen molar-refractivity contribution in [2.75, 3.05) is 13.7 Å². The molecule has 4 nitrogen and oxygen atoms in total. The Hall–Kier alpha value is -1.85. The van der Waals surface area contributed by atoms with Gasteiger partial charge in [0.05, 0.1) is 11.5 Å². The molecule has 0 saturated heterocycles. The Morgan fingerprint density at radius 3 is 2.19 bits per heavy atom. The maximum atomic E-state index is 12.5. The van der Waals surface area contributed by atoms with Crippen LogP contribution in [0.3, 0.4) is 0 Å². The van der Waals surface area contributed by atoms with Gasteiger partial charge in [-0.1, -0.05) is 30.3 Å². The lowest BCUT2D eigenvalue weighted by atomic mass is 10.2. The monoisotopic (exact) mass is 305 g/mol. The van der Waals surface area contributed by atoms with Crippen molar-refractivity contribution in [3.05, 3.63) is 60.2 Å². The molecule has 0 amide bonds. The first-order valence-corrected chi connectivity index (χ1v) is 8.21. The van der Waals surface area contributed by atoms with Gasteiger partial charge < -0.3 is 4.74 Å². The van der Waals surface area contributed by atoms with Gasteiger partial charge in [-0.3, -0.25) is 0 Å². The van der Waals surface area contributed by atoms with Crippen molar-refractivity contribution in [3.8, 4) is 5.75 Å². The fourth-order valence-corrected chi connectivity index (χ4v) is 3.14. The molecule has 2 aromatic carbocycles. The van der Waals surface area contributed by atoms with E-state index in [4.69, 9.17) is 4.74 Å². The molecule has 0 aromatic heterocycles. The van der Waals surface area contributed by atoms with Gasteiger partial charge in [0.2, 0.25) is 10.0 Å². The van der Waals surface area contributed by atoms with Crippen LogP contribution in [0.15, 0.2) is 59.5 Å². The summed E-state index contributed by atoms with van der Waals surface area (Å²) in [5.41, 5.74) is 0.953. The average Bonchev–Trinajstić information content (AvgIpc) is 2.49. The van der Waals surface area contributed by atoms with Crippen LogP contribution in [0.4, 0.5) is 0 Å². The van der Waals surface area contributed by atoms with Gasteiger partial charge in [-0.05, 0) is 36.8 Å². The van der Waals surface area contributed by atoms with Crippen molar-refractivity contribution in [1.29, 1.82) is 0 Å². The van der Waals surface area contributed by atoms with Crippen molar-refractivity contribution in [3.63, 3.8) is 0 Å². The molecule has 2 rings (SSSR count). The van der Waals surface area contributed by atoms with E-state index in [9.17, 15) is 8.42 Å².